The first-order valence-electron chi connectivity index (χ1n) is 5.41. The average Bonchev–Trinajstić information content (AvgIpc) is 2.24. The lowest BCUT2D eigenvalue weighted by Crippen LogP contribution is -2.43. The summed E-state index contributed by atoms with van der Waals surface area (Å²) in [5, 5.41) is 22.7. The molecule has 0 bridgehead atoms. The van der Waals surface area contributed by atoms with Crippen molar-refractivity contribution in [2.75, 3.05) is 0 Å². The van der Waals surface area contributed by atoms with Gasteiger partial charge in [0.25, 0.3) is 0 Å². The summed E-state index contributed by atoms with van der Waals surface area (Å²) in [6, 6.07) is 4.30. The Bertz CT molecular complexity index is 433. The summed E-state index contributed by atoms with van der Waals surface area (Å²) in [7, 11) is 0. The molecule has 1 aliphatic rings. The molecule has 0 heterocycles. The lowest BCUT2D eigenvalue weighted by atomic mass is 9.89. The van der Waals surface area contributed by atoms with Crippen molar-refractivity contribution in [2.24, 2.45) is 0 Å². The summed E-state index contributed by atoms with van der Waals surface area (Å²) in [6.45, 7) is 0.241. The molecule has 0 atom stereocenters. The van der Waals surface area contributed by atoms with E-state index in [1.165, 1.54) is 12.1 Å². The van der Waals surface area contributed by atoms with Crippen LogP contribution in [0.25, 0.3) is 0 Å². The van der Waals surface area contributed by atoms with Crippen LogP contribution >= 0.6 is 0 Å². The molecule has 1 saturated carbocycles. The van der Waals surface area contributed by atoms with Crippen molar-refractivity contribution in [3.63, 3.8) is 0 Å². The number of nitro benzene ring substituents is 1. The molecule has 2 N–H and O–H groups in total. The molecule has 0 radical (unpaired) electrons. The van der Waals surface area contributed by atoms with Crippen molar-refractivity contribution in [3.05, 3.63) is 39.7 Å². The second kappa shape index (κ2) is 4.77. The van der Waals surface area contributed by atoms with Gasteiger partial charge in [0.2, 0.25) is 5.82 Å². The molecule has 92 valence electrons. The lowest BCUT2D eigenvalue weighted by Gasteiger charge is -2.32. The van der Waals surface area contributed by atoms with E-state index in [0.29, 0.717) is 12.8 Å². The van der Waals surface area contributed by atoms with Crippen LogP contribution in [-0.4, -0.2) is 22.2 Å². The molecule has 0 amide bonds. The SMILES string of the molecule is O=[N+]([O-])c1cccc(CNC2CC(O)C2)c1F. The van der Waals surface area contributed by atoms with Gasteiger partial charge in [0, 0.05) is 24.2 Å². The first kappa shape index (κ1) is 11.9. The van der Waals surface area contributed by atoms with E-state index in [9.17, 15) is 14.5 Å². The van der Waals surface area contributed by atoms with Crippen LogP contribution in [0.15, 0.2) is 18.2 Å². The smallest absolute Gasteiger partial charge is 0.305 e. The van der Waals surface area contributed by atoms with Crippen LogP contribution in [0.2, 0.25) is 0 Å². The molecule has 1 aromatic carbocycles. The van der Waals surface area contributed by atoms with Crippen molar-refractivity contribution in [1.29, 1.82) is 0 Å². The highest BCUT2D eigenvalue weighted by atomic mass is 19.1. The fourth-order valence-corrected chi connectivity index (χ4v) is 1.85. The first-order valence-corrected chi connectivity index (χ1v) is 5.41. The molecule has 0 unspecified atom stereocenters. The molecule has 0 aromatic heterocycles. The van der Waals surface area contributed by atoms with Gasteiger partial charge >= 0.3 is 5.69 Å². The summed E-state index contributed by atoms with van der Waals surface area (Å²) in [5.74, 6) is -0.787. The number of benzene rings is 1. The van der Waals surface area contributed by atoms with Gasteiger partial charge in [-0.25, -0.2) is 0 Å². The molecule has 6 heteroatoms. The van der Waals surface area contributed by atoms with Crippen LogP contribution < -0.4 is 5.32 Å². The van der Waals surface area contributed by atoms with Gasteiger partial charge in [0.1, 0.15) is 0 Å². The molecule has 0 saturated heterocycles. The third-order valence-electron chi connectivity index (χ3n) is 2.95. The summed E-state index contributed by atoms with van der Waals surface area (Å²) in [5.41, 5.74) is -0.224. The molecule has 0 spiro atoms. The highest BCUT2D eigenvalue weighted by molar-refractivity contribution is 5.36. The van der Waals surface area contributed by atoms with Crippen molar-refractivity contribution in [1.82, 2.24) is 5.32 Å². The van der Waals surface area contributed by atoms with Gasteiger partial charge in [-0.3, -0.25) is 10.1 Å². The predicted molar refractivity (Wildman–Crippen MR) is 58.9 cm³/mol. The molecule has 5 nitrogen and oxygen atoms in total. The molecule has 2 rings (SSSR count). The maximum absolute atomic E-state index is 13.6. The van der Waals surface area contributed by atoms with Gasteiger partial charge in [0.05, 0.1) is 11.0 Å². The van der Waals surface area contributed by atoms with Gasteiger partial charge in [-0.2, -0.15) is 4.39 Å². The number of aliphatic hydroxyl groups excluding tert-OH is 1. The largest absolute Gasteiger partial charge is 0.393 e. The van der Waals surface area contributed by atoms with E-state index in [-0.39, 0.29) is 24.3 Å². The number of aliphatic hydroxyl groups is 1. The molecular weight excluding hydrogens is 227 g/mol. The van der Waals surface area contributed by atoms with Crippen molar-refractivity contribution in [3.8, 4) is 0 Å². The highest BCUT2D eigenvalue weighted by Gasteiger charge is 2.27. The summed E-state index contributed by atoms with van der Waals surface area (Å²) in [4.78, 5) is 9.80. The molecule has 1 aromatic rings. The maximum Gasteiger partial charge on any atom is 0.305 e. The lowest BCUT2D eigenvalue weighted by molar-refractivity contribution is -0.387. The van der Waals surface area contributed by atoms with Crippen LogP contribution in [0.3, 0.4) is 0 Å². The minimum atomic E-state index is -0.787. The van der Waals surface area contributed by atoms with Crippen LogP contribution in [0, 0.1) is 15.9 Å². The Morgan fingerprint density at radius 2 is 2.24 bits per heavy atom. The third kappa shape index (κ3) is 2.59. The van der Waals surface area contributed by atoms with E-state index in [0.717, 1.165) is 6.07 Å². The van der Waals surface area contributed by atoms with E-state index in [1.807, 2.05) is 0 Å². The number of hydrogen-bond donors (Lipinski definition) is 2. The van der Waals surface area contributed by atoms with Crippen LogP contribution in [0.1, 0.15) is 18.4 Å². The standard InChI is InChI=1S/C11H13FN2O3/c12-11-7(2-1-3-10(11)14(16)17)6-13-8-4-9(15)5-8/h1-3,8-9,13,15H,4-6H2. The predicted octanol–water partition coefficient (Wildman–Crippen LogP) is 1.35. The minimum Gasteiger partial charge on any atom is -0.393 e. The van der Waals surface area contributed by atoms with Crippen molar-refractivity contribution >= 4 is 5.69 Å². The molecular formula is C11H13FN2O3. The van der Waals surface area contributed by atoms with Crippen molar-refractivity contribution in [2.45, 2.75) is 31.5 Å². The number of halogens is 1. The number of nitrogens with zero attached hydrogens (tertiary/aromatic N) is 1. The Morgan fingerprint density at radius 3 is 2.82 bits per heavy atom. The van der Waals surface area contributed by atoms with E-state index in [4.69, 9.17) is 5.11 Å². The summed E-state index contributed by atoms with van der Waals surface area (Å²) in [6.07, 6.45) is 1.02. The highest BCUT2D eigenvalue weighted by Crippen LogP contribution is 2.22. The van der Waals surface area contributed by atoms with Gasteiger partial charge < -0.3 is 10.4 Å². The monoisotopic (exact) mass is 240 g/mol. The molecule has 0 aliphatic heterocycles. The zero-order valence-corrected chi connectivity index (χ0v) is 9.10. The second-order valence-electron chi connectivity index (χ2n) is 4.21. The van der Waals surface area contributed by atoms with Crippen LogP contribution in [0.4, 0.5) is 10.1 Å². The Kier molecular flexibility index (Phi) is 3.35. The van der Waals surface area contributed by atoms with Gasteiger partial charge in [0.15, 0.2) is 0 Å². The first-order chi connectivity index (χ1) is 8.08. The number of hydrogen-bond acceptors (Lipinski definition) is 4. The normalized spacial score (nSPS) is 23.2. The van der Waals surface area contributed by atoms with Crippen molar-refractivity contribution < 1.29 is 14.4 Å². The number of nitro groups is 1. The quantitative estimate of drug-likeness (QED) is 0.615. The Balaban J connectivity index is 2.01. The molecule has 1 fully saturated rings. The summed E-state index contributed by atoms with van der Waals surface area (Å²) < 4.78 is 13.6. The number of nitrogens with one attached hydrogen (secondary N) is 1. The summed E-state index contributed by atoms with van der Waals surface area (Å²) >= 11 is 0. The number of rotatable bonds is 4. The second-order valence-corrected chi connectivity index (χ2v) is 4.21. The van der Waals surface area contributed by atoms with E-state index in [1.54, 1.807) is 0 Å². The van der Waals surface area contributed by atoms with E-state index >= 15 is 0 Å². The fourth-order valence-electron chi connectivity index (χ4n) is 1.85. The Morgan fingerprint density at radius 1 is 1.53 bits per heavy atom. The van der Waals surface area contributed by atoms with Crippen LogP contribution in [0.5, 0.6) is 0 Å². The van der Waals surface area contributed by atoms with E-state index < -0.39 is 16.4 Å². The van der Waals surface area contributed by atoms with Gasteiger partial charge in [-0.1, -0.05) is 12.1 Å². The van der Waals surface area contributed by atoms with E-state index in [2.05, 4.69) is 5.32 Å². The minimum absolute atomic E-state index is 0.170. The zero-order valence-electron chi connectivity index (χ0n) is 9.10. The Labute approximate surface area is 97.4 Å². The average molecular weight is 240 g/mol. The third-order valence-corrected chi connectivity index (χ3v) is 2.95. The molecule has 1 aliphatic carbocycles. The molecule has 17 heavy (non-hydrogen) atoms. The van der Waals surface area contributed by atoms with Gasteiger partial charge in [-0.05, 0) is 12.8 Å². The zero-order chi connectivity index (χ0) is 12.4. The van der Waals surface area contributed by atoms with Crippen LogP contribution in [-0.2, 0) is 6.54 Å². The topological polar surface area (TPSA) is 75.4 Å². The van der Waals surface area contributed by atoms with Gasteiger partial charge in [-0.15, -0.1) is 0 Å². The maximum atomic E-state index is 13.6. The Hall–Kier alpha value is -1.53. The fraction of sp³-hybridized carbons (Fsp3) is 0.455.